The summed E-state index contributed by atoms with van der Waals surface area (Å²) in [5.74, 6) is 1.72. The summed E-state index contributed by atoms with van der Waals surface area (Å²) in [5, 5.41) is 0. The van der Waals surface area contributed by atoms with Gasteiger partial charge in [0.25, 0.3) is 0 Å². The fraction of sp³-hybridized carbons (Fsp3) is 0.174. The van der Waals surface area contributed by atoms with E-state index >= 15 is 0 Å². The second-order valence-electron chi connectivity index (χ2n) is 6.02. The van der Waals surface area contributed by atoms with Crippen LogP contribution < -0.4 is 9.47 Å². The number of carbonyl (C=O) groups excluding carboxylic acids is 1. The van der Waals surface area contributed by atoms with Gasteiger partial charge in [0.2, 0.25) is 0 Å². The molecule has 26 heavy (non-hydrogen) atoms. The molecule has 3 aromatic carbocycles. The van der Waals surface area contributed by atoms with Crippen molar-refractivity contribution in [3.8, 4) is 22.6 Å². The third kappa shape index (κ3) is 3.94. The molecule has 0 fully saturated rings. The Bertz CT molecular complexity index is 845. The topological polar surface area (TPSA) is 35.5 Å². The molecule has 0 aromatic heterocycles. The molecule has 0 bridgehead atoms. The highest BCUT2D eigenvalue weighted by atomic mass is 16.5. The molecule has 3 aromatic rings. The molecule has 0 unspecified atom stereocenters. The van der Waals surface area contributed by atoms with Gasteiger partial charge in [-0.3, -0.25) is 4.79 Å². The van der Waals surface area contributed by atoms with Gasteiger partial charge in [0.1, 0.15) is 11.5 Å². The van der Waals surface area contributed by atoms with Crippen LogP contribution in [0.25, 0.3) is 11.1 Å². The van der Waals surface area contributed by atoms with Gasteiger partial charge in [-0.1, -0.05) is 60.7 Å². The Balaban J connectivity index is 1.74. The molecule has 0 aliphatic rings. The first-order chi connectivity index (χ1) is 12.7. The number of methoxy groups -OCH3 is 2. The number of aryl methyl sites for hydroxylation is 1. The van der Waals surface area contributed by atoms with Crippen molar-refractivity contribution in [1.29, 1.82) is 0 Å². The summed E-state index contributed by atoms with van der Waals surface area (Å²) in [4.78, 5) is 12.2. The predicted molar refractivity (Wildman–Crippen MR) is 104 cm³/mol. The number of ether oxygens (including phenoxy) is 2. The van der Waals surface area contributed by atoms with Crippen molar-refractivity contribution in [1.82, 2.24) is 0 Å². The highest BCUT2D eigenvalue weighted by molar-refractivity contribution is 5.96. The fourth-order valence-corrected chi connectivity index (χ4v) is 3.00. The van der Waals surface area contributed by atoms with Crippen molar-refractivity contribution >= 4 is 5.78 Å². The smallest absolute Gasteiger partial charge is 0.163 e. The molecule has 0 amide bonds. The molecular weight excluding hydrogens is 324 g/mol. The second kappa shape index (κ2) is 8.34. The van der Waals surface area contributed by atoms with Crippen LogP contribution in [-0.4, -0.2) is 20.0 Å². The molecule has 3 rings (SSSR count). The Hall–Kier alpha value is -3.07. The molecule has 0 aliphatic carbocycles. The average molecular weight is 346 g/mol. The van der Waals surface area contributed by atoms with Gasteiger partial charge in [-0.25, -0.2) is 0 Å². The van der Waals surface area contributed by atoms with Crippen LogP contribution >= 0.6 is 0 Å². The normalized spacial score (nSPS) is 10.4. The van der Waals surface area contributed by atoms with E-state index < -0.39 is 0 Å². The molecule has 0 radical (unpaired) electrons. The monoisotopic (exact) mass is 346 g/mol. The van der Waals surface area contributed by atoms with Crippen molar-refractivity contribution in [3.05, 3.63) is 83.9 Å². The van der Waals surface area contributed by atoms with Crippen molar-refractivity contribution in [3.63, 3.8) is 0 Å². The van der Waals surface area contributed by atoms with Gasteiger partial charge in [-0.05, 0) is 29.7 Å². The lowest BCUT2D eigenvalue weighted by atomic mass is 9.99. The van der Waals surface area contributed by atoms with Crippen molar-refractivity contribution in [2.75, 3.05) is 14.2 Å². The van der Waals surface area contributed by atoms with Crippen molar-refractivity contribution < 1.29 is 14.3 Å². The van der Waals surface area contributed by atoms with Gasteiger partial charge >= 0.3 is 0 Å². The van der Waals surface area contributed by atoms with Crippen molar-refractivity contribution in [2.24, 2.45) is 0 Å². The summed E-state index contributed by atoms with van der Waals surface area (Å²) in [5.41, 5.74) is 3.86. The summed E-state index contributed by atoms with van der Waals surface area (Å²) in [6.45, 7) is 0. The van der Waals surface area contributed by atoms with E-state index in [4.69, 9.17) is 9.47 Å². The largest absolute Gasteiger partial charge is 0.496 e. The SMILES string of the molecule is COc1cccc(OC)c1-c1ccc(CCC(=O)c2ccccc2)cc1. The van der Waals surface area contributed by atoms with E-state index in [0.29, 0.717) is 6.42 Å². The Morgan fingerprint density at radius 2 is 1.38 bits per heavy atom. The molecule has 3 heteroatoms. The summed E-state index contributed by atoms with van der Waals surface area (Å²) >= 11 is 0. The molecular formula is C23H22O3. The van der Waals surface area contributed by atoms with Crippen LogP contribution in [-0.2, 0) is 6.42 Å². The van der Waals surface area contributed by atoms with E-state index in [1.165, 1.54) is 0 Å². The number of benzene rings is 3. The Morgan fingerprint density at radius 3 is 1.96 bits per heavy atom. The highest BCUT2D eigenvalue weighted by Crippen LogP contribution is 2.38. The van der Waals surface area contributed by atoms with Gasteiger partial charge in [0.15, 0.2) is 5.78 Å². The molecule has 0 saturated carbocycles. The zero-order chi connectivity index (χ0) is 18.4. The lowest BCUT2D eigenvalue weighted by molar-refractivity contribution is 0.0983. The van der Waals surface area contributed by atoms with Gasteiger partial charge in [0.05, 0.1) is 19.8 Å². The molecule has 0 saturated heterocycles. The number of ketones is 1. The fourth-order valence-electron chi connectivity index (χ4n) is 3.00. The van der Waals surface area contributed by atoms with Gasteiger partial charge in [-0.15, -0.1) is 0 Å². The average Bonchev–Trinajstić information content (AvgIpc) is 2.72. The summed E-state index contributed by atoms with van der Waals surface area (Å²) < 4.78 is 11.0. The van der Waals surface area contributed by atoms with Gasteiger partial charge < -0.3 is 9.47 Å². The van der Waals surface area contributed by atoms with Crippen molar-refractivity contribution in [2.45, 2.75) is 12.8 Å². The Kier molecular flexibility index (Phi) is 5.69. The quantitative estimate of drug-likeness (QED) is 0.553. The molecule has 0 aliphatic heterocycles. The zero-order valence-corrected chi connectivity index (χ0v) is 15.1. The van der Waals surface area contributed by atoms with Crippen LogP contribution in [0.2, 0.25) is 0 Å². The van der Waals surface area contributed by atoms with Crippen LogP contribution in [0, 0.1) is 0 Å². The number of Topliss-reactive ketones (excluding diaryl/α,β-unsaturated/α-hetero) is 1. The first kappa shape index (κ1) is 17.7. The Labute approximate surface area is 154 Å². The van der Waals surface area contributed by atoms with Crippen LogP contribution in [0.15, 0.2) is 72.8 Å². The van der Waals surface area contributed by atoms with Crippen LogP contribution in [0.3, 0.4) is 0 Å². The molecule has 0 spiro atoms. The summed E-state index contributed by atoms with van der Waals surface area (Å²) in [7, 11) is 3.31. The van der Waals surface area contributed by atoms with Crippen LogP contribution in [0.5, 0.6) is 11.5 Å². The molecule has 0 N–H and O–H groups in total. The lowest BCUT2D eigenvalue weighted by Gasteiger charge is -2.13. The second-order valence-corrected chi connectivity index (χ2v) is 6.02. The van der Waals surface area contributed by atoms with Gasteiger partial charge in [0, 0.05) is 12.0 Å². The lowest BCUT2D eigenvalue weighted by Crippen LogP contribution is -2.00. The van der Waals surface area contributed by atoms with E-state index in [9.17, 15) is 4.79 Å². The minimum absolute atomic E-state index is 0.168. The van der Waals surface area contributed by atoms with E-state index in [1.54, 1.807) is 14.2 Å². The zero-order valence-electron chi connectivity index (χ0n) is 15.1. The first-order valence-corrected chi connectivity index (χ1v) is 8.61. The van der Waals surface area contributed by atoms with E-state index in [2.05, 4.69) is 12.1 Å². The number of carbonyl (C=O) groups is 1. The predicted octanol–water partition coefficient (Wildman–Crippen LogP) is 5.19. The van der Waals surface area contributed by atoms with Crippen LogP contribution in [0.4, 0.5) is 0 Å². The minimum Gasteiger partial charge on any atom is -0.496 e. The third-order valence-corrected chi connectivity index (χ3v) is 4.41. The molecule has 132 valence electrons. The maximum atomic E-state index is 12.2. The maximum absolute atomic E-state index is 12.2. The van der Waals surface area contributed by atoms with E-state index in [0.717, 1.165) is 40.2 Å². The Morgan fingerprint density at radius 1 is 0.769 bits per heavy atom. The molecule has 3 nitrogen and oxygen atoms in total. The van der Waals surface area contributed by atoms with Crippen LogP contribution in [0.1, 0.15) is 22.3 Å². The number of rotatable bonds is 7. The summed E-state index contributed by atoms with van der Waals surface area (Å²) in [6.07, 6.45) is 1.22. The number of hydrogen-bond acceptors (Lipinski definition) is 3. The molecule has 0 heterocycles. The standard InChI is InChI=1S/C23H22O3/c1-25-21-9-6-10-22(26-2)23(21)19-14-11-17(12-15-19)13-16-20(24)18-7-4-3-5-8-18/h3-12,14-15H,13,16H2,1-2H3. The third-order valence-electron chi connectivity index (χ3n) is 4.41. The minimum atomic E-state index is 0.168. The van der Waals surface area contributed by atoms with Gasteiger partial charge in [-0.2, -0.15) is 0 Å². The van der Waals surface area contributed by atoms with E-state index in [-0.39, 0.29) is 5.78 Å². The van der Waals surface area contributed by atoms with E-state index in [1.807, 2.05) is 60.7 Å². The highest BCUT2D eigenvalue weighted by Gasteiger charge is 2.12. The summed E-state index contributed by atoms with van der Waals surface area (Å²) in [6, 6.07) is 23.4. The molecule has 0 atom stereocenters. The maximum Gasteiger partial charge on any atom is 0.163 e. The first-order valence-electron chi connectivity index (χ1n) is 8.61. The number of hydrogen-bond donors (Lipinski definition) is 0.